The van der Waals surface area contributed by atoms with Gasteiger partial charge in [0.1, 0.15) is 11.4 Å². The summed E-state index contributed by atoms with van der Waals surface area (Å²) in [7, 11) is 0. The van der Waals surface area contributed by atoms with Gasteiger partial charge in [-0.3, -0.25) is 0 Å². The van der Waals surface area contributed by atoms with Crippen LogP contribution >= 0.6 is 11.6 Å². The number of likely N-dealkylation sites (tertiary alicyclic amines) is 1. The molecular weight excluding hydrogens is 454 g/mol. The van der Waals surface area contributed by atoms with Gasteiger partial charge in [-0.1, -0.05) is 34.5 Å². The lowest BCUT2D eigenvalue weighted by Gasteiger charge is -2.29. The maximum Gasteiger partial charge on any atom is 0.410 e. The molecule has 1 aliphatic heterocycles. The largest absolute Gasteiger partial charge is 0.489 e. The summed E-state index contributed by atoms with van der Waals surface area (Å²) in [5.74, 6) is 1.86. The van der Waals surface area contributed by atoms with Crippen LogP contribution in [0, 0.1) is 5.92 Å². The molecule has 2 aromatic rings. The summed E-state index contributed by atoms with van der Waals surface area (Å²) >= 11 is 6.37. The Kier molecular flexibility index (Phi) is 7.03. The molecular formula is C26H32ClN3O4. The molecule has 0 N–H and O–H groups in total. The third kappa shape index (κ3) is 5.81. The Bertz CT molecular complexity index is 1110. The van der Waals surface area contributed by atoms with Gasteiger partial charge in [-0.05, 0) is 72.1 Å². The molecule has 8 heteroatoms. The van der Waals surface area contributed by atoms with Crippen molar-refractivity contribution in [1.29, 1.82) is 0 Å². The molecule has 1 aromatic heterocycles. The first kappa shape index (κ1) is 24.3. The van der Waals surface area contributed by atoms with Crippen molar-refractivity contribution in [2.75, 3.05) is 13.1 Å². The minimum absolute atomic E-state index is 0.0358. The highest BCUT2D eigenvalue weighted by atomic mass is 35.5. The van der Waals surface area contributed by atoms with Crippen molar-refractivity contribution >= 4 is 23.3 Å². The number of carbonyl (C=O) groups is 1. The number of hydrogen-bond donors (Lipinski definition) is 0. The zero-order chi connectivity index (χ0) is 24.5. The van der Waals surface area contributed by atoms with E-state index in [1.165, 1.54) is 5.57 Å². The fourth-order valence-corrected chi connectivity index (χ4v) is 4.41. The molecule has 0 saturated carbocycles. The van der Waals surface area contributed by atoms with Crippen molar-refractivity contribution in [2.24, 2.45) is 5.92 Å². The van der Waals surface area contributed by atoms with E-state index in [1.54, 1.807) is 6.07 Å². The standard InChI is InChI=1S/C26H32ClN3O4/c1-16(2)32-22-11-10-19(14-21(22)27)24-28-23(29-34-24)18-8-9-20-15-30(12-6-7-17(20)13-18)25(31)33-26(3,4)5/h8,10-11,13-14,16,20H,6-7,9,12,15H2,1-5H3. The average Bonchev–Trinajstić information content (AvgIpc) is 3.14. The summed E-state index contributed by atoms with van der Waals surface area (Å²) in [6.07, 6.45) is 6.71. The molecule has 182 valence electrons. The lowest BCUT2D eigenvalue weighted by atomic mass is 9.86. The van der Waals surface area contributed by atoms with Crippen molar-refractivity contribution in [2.45, 2.75) is 65.6 Å². The summed E-state index contributed by atoms with van der Waals surface area (Å²) in [4.78, 5) is 19.0. The Morgan fingerprint density at radius 2 is 2.09 bits per heavy atom. The number of allylic oxidation sites excluding steroid dienone is 3. The third-order valence-electron chi connectivity index (χ3n) is 5.70. The van der Waals surface area contributed by atoms with E-state index in [9.17, 15) is 4.79 Å². The van der Waals surface area contributed by atoms with Crippen LogP contribution in [-0.2, 0) is 4.74 Å². The zero-order valence-electron chi connectivity index (χ0n) is 20.4. The van der Waals surface area contributed by atoms with Gasteiger partial charge in [0.15, 0.2) is 0 Å². The quantitative estimate of drug-likeness (QED) is 0.489. The zero-order valence-corrected chi connectivity index (χ0v) is 21.2. The summed E-state index contributed by atoms with van der Waals surface area (Å²) < 4.78 is 16.8. The number of hydrogen-bond acceptors (Lipinski definition) is 6. The van der Waals surface area contributed by atoms with E-state index >= 15 is 0 Å². The fraction of sp³-hybridized carbons (Fsp3) is 0.500. The van der Waals surface area contributed by atoms with E-state index in [2.05, 4.69) is 22.3 Å². The van der Waals surface area contributed by atoms with E-state index in [4.69, 9.17) is 25.6 Å². The number of nitrogens with zero attached hydrogens (tertiary/aromatic N) is 3. The SMILES string of the molecule is CC(C)Oc1ccc(-c2nc(C3=CCC4CN(C(=O)OC(C)(C)C)CCCC4=C3)no2)cc1Cl. The van der Waals surface area contributed by atoms with Crippen LogP contribution in [0.1, 0.15) is 59.7 Å². The van der Waals surface area contributed by atoms with E-state index < -0.39 is 5.60 Å². The van der Waals surface area contributed by atoms with Crippen LogP contribution < -0.4 is 4.74 Å². The molecule has 1 atom stereocenters. The van der Waals surface area contributed by atoms with Crippen LogP contribution in [0.15, 0.2) is 40.4 Å². The van der Waals surface area contributed by atoms with Crippen LogP contribution in [0.4, 0.5) is 4.79 Å². The number of halogens is 1. The van der Waals surface area contributed by atoms with Crippen LogP contribution in [0.3, 0.4) is 0 Å². The molecule has 1 saturated heterocycles. The van der Waals surface area contributed by atoms with Crippen molar-refractivity contribution in [1.82, 2.24) is 15.0 Å². The third-order valence-corrected chi connectivity index (χ3v) is 5.99. The molecule has 0 radical (unpaired) electrons. The highest BCUT2D eigenvalue weighted by Gasteiger charge is 2.30. The van der Waals surface area contributed by atoms with Crippen LogP contribution in [0.25, 0.3) is 17.0 Å². The number of fused-ring (bicyclic) bond motifs is 1. The molecule has 34 heavy (non-hydrogen) atoms. The summed E-state index contributed by atoms with van der Waals surface area (Å²) in [5.41, 5.74) is 2.50. The minimum atomic E-state index is -0.496. The van der Waals surface area contributed by atoms with Gasteiger partial charge in [0.25, 0.3) is 5.89 Å². The maximum atomic E-state index is 12.6. The second-order valence-corrected chi connectivity index (χ2v) is 10.5. The van der Waals surface area contributed by atoms with E-state index in [0.717, 1.165) is 30.4 Å². The van der Waals surface area contributed by atoms with Crippen molar-refractivity contribution in [3.8, 4) is 17.2 Å². The number of benzene rings is 1. The van der Waals surface area contributed by atoms with Crippen LogP contribution in [0.5, 0.6) is 5.75 Å². The predicted octanol–water partition coefficient (Wildman–Crippen LogP) is 6.54. The number of amides is 1. The Hall–Kier alpha value is -2.80. The molecule has 2 aliphatic rings. The maximum absolute atomic E-state index is 12.6. The topological polar surface area (TPSA) is 77.7 Å². The summed E-state index contributed by atoms with van der Waals surface area (Å²) in [6, 6.07) is 5.45. The Morgan fingerprint density at radius 1 is 1.29 bits per heavy atom. The Labute approximate surface area is 205 Å². The van der Waals surface area contributed by atoms with E-state index in [-0.39, 0.29) is 18.1 Å². The summed E-state index contributed by atoms with van der Waals surface area (Å²) in [5, 5.41) is 4.70. The first-order valence-electron chi connectivity index (χ1n) is 11.8. The number of rotatable bonds is 4. The predicted molar refractivity (Wildman–Crippen MR) is 132 cm³/mol. The van der Waals surface area contributed by atoms with Gasteiger partial charge in [0, 0.05) is 30.1 Å². The van der Waals surface area contributed by atoms with Crippen molar-refractivity contribution < 1.29 is 18.8 Å². The Morgan fingerprint density at radius 3 is 2.79 bits per heavy atom. The Balaban J connectivity index is 1.47. The van der Waals surface area contributed by atoms with E-state index in [0.29, 0.717) is 35.6 Å². The second kappa shape index (κ2) is 9.82. The van der Waals surface area contributed by atoms with Crippen LogP contribution in [0.2, 0.25) is 5.02 Å². The molecule has 0 spiro atoms. The molecule has 1 fully saturated rings. The lowest BCUT2D eigenvalue weighted by molar-refractivity contribution is 0.0239. The number of aromatic nitrogens is 2. The number of ether oxygens (including phenoxy) is 2. The molecule has 1 unspecified atom stereocenters. The van der Waals surface area contributed by atoms with Gasteiger partial charge in [-0.2, -0.15) is 4.98 Å². The average molecular weight is 486 g/mol. The first-order valence-corrected chi connectivity index (χ1v) is 12.2. The van der Waals surface area contributed by atoms with Crippen molar-refractivity contribution in [3.05, 3.63) is 46.8 Å². The first-order chi connectivity index (χ1) is 16.1. The highest BCUT2D eigenvalue weighted by molar-refractivity contribution is 6.32. The molecule has 0 bridgehead atoms. The van der Waals surface area contributed by atoms with Gasteiger partial charge in [0.05, 0.1) is 11.1 Å². The monoisotopic (exact) mass is 485 g/mol. The van der Waals surface area contributed by atoms with Gasteiger partial charge < -0.3 is 18.9 Å². The highest BCUT2D eigenvalue weighted by Crippen LogP contribution is 2.35. The van der Waals surface area contributed by atoms with Gasteiger partial charge in [-0.15, -0.1) is 0 Å². The fourth-order valence-electron chi connectivity index (χ4n) is 4.19. The molecule has 1 aromatic carbocycles. The van der Waals surface area contributed by atoms with E-state index in [1.807, 2.05) is 51.7 Å². The lowest BCUT2D eigenvalue weighted by Crippen LogP contribution is -2.39. The van der Waals surface area contributed by atoms with Crippen molar-refractivity contribution in [3.63, 3.8) is 0 Å². The molecule has 4 rings (SSSR count). The minimum Gasteiger partial charge on any atom is -0.489 e. The molecule has 1 amide bonds. The smallest absolute Gasteiger partial charge is 0.410 e. The molecule has 1 aliphatic carbocycles. The summed E-state index contributed by atoms with van der Waals surface area (Å²) in [6.45, 7) is 10.9. The number of carbonyl (C=O) groups excluding carboxylic acids is 1. The van der Waals surface area contributed by atoms with Gasteiger partial charge >= 0.3 is 6.09 Å². The van der Waals surface area contributed by atoms with Gasteiger partial charge in [0.2, 0.25) is 5.82 Å². The van der Waals surface area contributed by atoms with Gasteiger partial charge in [-0.25, -0.2) is 4.79 Å². The molecule has 7 nitrogen and oxygen atoms in total. The normalized spacial score (nSPS) is 18.7. The second-order valence-electron chi connectivity index (χ2n) is 10.1. The molecule has 2 heterocycles. The van der Waals surface area contributed by atoms with Crippen LogP contribution in [-0.4, -0.2) is 45.9 Å².